The maximum absolute atomic E-state index is 9.25. The lowest BCUT2D eigenvalue weighted by Gasteiger charge is -2.27. The number of phenols is 1. The SMILES string of the molecule is CN1CCOC(c2noc(-c3ccc(O)cc3)n2)C1. The average molecular weight is 261 g/mol. The second kappa shape index (κ2) is 4.99. The maximum atomic E-state index is 9.25. The van der Waals surface area contributed by atoms with Crippen LogP contribution in [-0.2, 0) is 4.74 Å². The van der Waals surface area contributed by atoms with Crippen LogP contribution in [0.25, 0.3) is 11.5 Å². The number of morpholine rings is 1. The molecule has 0 radical (unpaired) electrons. The summed E-state index contributed by atoms with van der Waals surface area (Å²) in [4.78, 5) is 6.53. The smallest absolute Gasteiger partial charge is 0.258 e. The Morgan fingerprint density at radius 2 is 2.11 bits per heavy atom. The third-order valence-corrected chi connectivity index (χ3v) is 3.11. The number of nitrogens with zero attached hydrogens (tertiary/aromatic N) is 3. The van der Waals surface area contributed by atoms with Crippen LogP contribution in [0.2, 0.25) is 0 Å². The Labute approximate surface area is 110 Å². The molecule has 1 aromatic heterocycles. The van der Waals surface area contributed by atoms with Gasteiger partial charge in [0.1, 0.15) is 11.9 Å². The number of phenolic OH excluding ortho intramolecular Hbond substituents is 1. The number of ether oxygens (including phenoxy) is 1. The number of aromatic hydroxyl groups is 1. The lowest BCUT2D eigenvalue weighted by atomic mass is 10.2. The van der Waals surface area contributed by atoms with Crippen molar-refractivity contribution in [2.75, 3.05) is 26.7 Å². The summed E-state index contributed by atoms with van der Waals surface area (Å²) in [6, 6.07) is 6.65. The van der Waals surface area contributed by atoms with Crippen LogP contribution in [0.15, 0.2) is 28.8 Å². The van der Waals surface area contributed by atoms with Crippen LogP contribution < -0.4 is 0 Å². The van der Waals surface area contributed by atoms with Gasteiger partial charge in [0.25, 0.3) is 5.89 Å². The molecule has 1 fully saturated rings. The van der Waals surface area contributed by atoms with Gasteiger partial charge in [0.2, 0.25) is 5.82 Å². The molecule has 0 bridgehead atoms. The monoisotopic (exact) mass is 261 g/mol. The van der Waals surface area contributed by atoms with Gasteiger partial charge >= 0.3 is 0 Å². The van der Waals surface area contributed by atoms with E-state index >= 15 is 0 Å². The first-order chi connectivity index (χ1) is 9.22. The fourth-order valence-electron chi connectivity index (χ4n) is 2.02. The Kier molecular flexibility index (Phi) is 3.18. The number of benzene rings is 1. The molecule has 1 atom stereocenters. The average Bonchev–Trinajstić information content (AvgIpc) is 2.89. The standard InChI is InChI=1S/C13H15N3O3/c1-16-6-7-18-11(8-16)12-14-13(19-15-12)9-2-4-10(17)5-3-9/h2-5,11,17H,6-8H2,1H3. The van der Waals surface area contributed by atoms with E-state index in [1.165, 1.54) is 0 Å². The second-order valence-corrected chi connectivity index (χ2v) is 4.63. The van der Waals surface area contributed by atoms with Crippen LogP contribution >= 0.6 is 0 Å². The molecule has 100 valence electrons. The van der Waals surface area contributed by atoms with Gasteiger partial charge < -0.3 is 19.3 Å². The number of aromatic nitrogens is 2. The molecule has 0 aliphatic carbocycles. The molecule has 1 aromatic carbocycles. The molecule has 1 saturated heterocycles. The van der Waals surface area contributed by atoms with Crippen LogP contribution in [-0.4, -0.2) is 46.9 Å². The highest BCUT2D eigenvalue weighted by Crippen LogP contribution is 2.24. The van der Waals surface area contributed by atoms with Gasteiger partial charge in [-0.2, -0.15) is 4.98 Å². The summed E-state index contributed by atoms with van der Waals surface area (Å²) in [5.74, 6) is 1.21. The van der Waals surface area contributed by atoms with Crippen molar-refractivity contribution in [3.8, 4) is 17.2 Å². The Bertz CT molecular complexity index is 553. The van der Waals surface area contributed by atoms with Gasteiger partial charge in [-0.1, -0.05) is 5.16 Å². The lowest BCUT2D eigenvalue weighted by molar-refractivity contribution is -0.0264. The van der Waals surface area contributed by atoms with E-state index < -0.39 is 0 Å². The first kappa shape index (κ1) is 12.1. The molecule has 2 heterocycles. The molecule has 1 N–H and O–H groups in total. The van der Waals surface area contributed by atoms with Gasteiger partial charge in [-0.15, -0.1) is 0 Å². The summed E-state index contributed by atoms with van der Waals surface area (Å²) in [6.45, 7) is 2.35. The number of hydrogen-bond donors (Lipinski definition) is 1. The molecule has 19 heavy (non-hydrogen) atoms. The highest BCUT2D eigenvalue weighted by molar-refractivity contribution is 5.54. The van der Waals surface area contributed by atoms with Gasteiger partial charge in [0, 0.05) is 18.7 Å². The minimum absolute atomic E-state index is 0.145. The summed E-state index contributed by atoms with van der Waals surface area (Å²) in [5.41, 5.74) is 0.778. The van der Waals surface area contributed by atoms with E-state index in [0.717, 1.165) is 18.7 Å². The Balaban J connectivity index is 1.81. The predicted octanol–water partition coefficient (Wildman–Crippen LogP) is 1.45. The predicted molar refractivity (Wildman–Crippen MR) is 67.6 cm³/mol. The molecular formula is C13H15N3O3. The fourth-order valence-corrected chi connectivity index (χ4v) is 2.02. The van der Waals surface area contributed by atoms with Crippen LogP contribution in [0, 0.1) is 0 Å². The molecule has 6 nitrogen and oxygen atoms in total. The number of rotatable bonds is 2. The second-order valence-electron chi connectivity index (χ2n) is 4.63. The van der Waals surface area contributed by atoms with Crippen molar-refractivity contribution in [2.45, 2.75) is 6.10 Å². The molecule has 1 unspecified atom stereocenters. The van der Waals surface area contributed by atoms with Gasteiger partial charge in [-0.3, -0.25) is 0 Å². The quantitative estimate of drug-likeness (QED) is 0.882. The molecule has 0 saturated carbocycles. The third-order valence-electron chi connectivity index (χ3n) is 3.11. The zero-order chi connectivity index (χ0) is 13.2. The molecule has 6 heteroatoms. The first-order valence-corrected chi connectivity index (χ1v) is 6.15. The Morgan fingerprint density at radius 3 is 2.84 bits per heavy atom. The number of hydrogen-bond acceptors (Lipinski definition) is 6. The fraction of sp³-hybridized carbons (Fsp3) is 0.385. The van der Waals surface area contributed by atoms with Crippen molar-refractivity contribution in [2.24, 2.45) is 0 Å². The summed E-state index contributed by atoms with van der Waals surface area (Å²) in [6.07, 6.45) is -0.145. The van der Waals surface area contributed by atoms with E-state index in [-0.39, 0.29) is 11.9 Å². The van der Waals surface area contributed by atoms with Crippen molar-refractivity contribution >= 4 is 0 Å². The molecule has 2 aromatic rings. The first-order valence-electron chi connectivity index (χ1n) is 6.15. The van der Waals surface area contributed by atoms with Crippen LogP contribution in [0.4, 0.5) is 0 Å². The van der Waals surface area contributed by atoms with E-state index in [9.17, 15) is 5.11 Å². The van der Waals surface area contributed by atoms with Crippen molar-refractivity contribution < 1.29 is 14.4 Å². The number of likely N-dealkylation sites (N-methyl/N-ethyl adjacent to an activating group) is 1. The molecule has 0 amide bonds. The highest BCUT2D eigenvalue weighted by atomic mass is 16.5. The van der Waals surface area contributed by atoms with E-state index in [4.69, 9.17) is 9.26 Å². The zero-order valence-corrected chi connectivity index (χ0v) is 10.6. The van der Waals surface area contributed by atoms with E-state index in [0.29, 0.717) is 18.3 Å². The normalized spacial score (nSPS) is 20.6. The van der Waals surface area contributed by atoms with Crippen LogP contribution in [0.1, 0.15) is 11.9 Å². The summed E-state index contributed by atoms with van der Waals surface area (Å²) in [5, 5.41) is 13.2. The molecular weight excluding hydrogens is 246 g/mol. The van der Waals surface area contributed by atoms with Gasteiger partial charge in [0.05, 0.1) is 6.61 Å². The van der Waals surface area contributed by atoms with Gasteiger partial charge in [0.15, 0.2) is 0 Å². The topological polar surface area (TPSA) is 71.6 Å². The largest absolute Gasteiger partial charge is 0.508 e. The summed E-state index contributed by atoms with van der Waals surface area (Å²) >= 11 is 0. The third kappa shape index (κ3) is 2.59. The van der Waals surface area contributed by atoms with Crippen molar-refractivity contribution in [1.29, 1.82) is 0 Å². The lowest BCUT2D eigenvalue weighted by Crippen LogP contribution is -2.35. The van der Waals surface area contributed by atoms with E-state index in [2.05, 4.69) is 15.0 Å². The molecule has 0 spiro atoms. The van der Waals surface area contributed by atoms with E-state index in [1.54, 1.807) is 24.3 Å². The maximum Gasteiger partial charge on any atom is 0.258 e. The van der Waals surface area contributed by atoms with E-state index in [1.807, 2.05) is 7.05 Å². The van der Waals surface area contributed by atoms with Crippen molar-refractivity contribution in [1.82, 2.24) is 15.0 Å². The summed E-state index contributed by atoms with van der Waals surface area (Å²) < 4.78 is 10.9. The van der Waals surface area contributed by atoms with Gasteiger partial charge in [-0.25, -0.2) is 0 Å². The highest BCUT2D eigenvalue weighted by Gasteiger charge is 2.24. The Hall–Kier alpha value is -1.92. The van der Waals surface area contributed by atoms with Crippen LogP contribution in [0.3, 0.4) is 0 Å². The van der Waals surface area contributed by atoms with Crippen LogP contribution in [0.5, 0.6) is 5.75 Å². The Morgan fingerprint density at radius 1 is 1.32 bits per heavy atom. The molecule has 1 aliphatic rings. The minimum Gasteiger partial charge on any atom is -0.508 e. The molecule has 1 aliphatic heterocycles. The van der Waals surface area contributed by atoms with Crippen molar-refractivity contribution in [3.63, 3.8) is 0 Å². The minimum atomic E-state index is -0.145. The zero-order valence-electron chi connectivity index (χ0n) is 10.6. The molecule has 3 rings (SSSR count). The summed E-state index contributed by atoms with van der Waals surface area (Å²) in [7, 11) is 2.04. The van der Waals surface area contributed by atoms with Crippen molar-refractivity contribution in [3.05, 3.63) is 30.1 Å². The van der Waals surface area contributed by atoms with Gasteiger partial charge in [-0.05, 0) is 31.3 Å².